The lowest BCUT2D eigenvalue weighted by Gasteiger charge is -2.39. The number of aryl methyl sites for hydroxylation is 1. The second kappa shape index (κ2) is 4.08. The van der Waals surface area contributed by atoms with Gasteiger partial charge in [-0.1, -0.05) is 13.3 Å². The maximum Gasteiger partial charge on any atom is 0.0540 e. The van der Waals surface area contributed by atoms with Gasteiger partial charge in [0.1, 0.15) is 0 Å². The summed E-state index contributed by atoms with van der Waals surface area (Å²) >= 11 is 0. The molecule has 0 spiro atoms. The summed E-state index contributed by atoms with van der Waals surface area (Å²) in [6.07, 6.45) is 12.3. The highest BCUT2D eigenvalue weighted by molar-refractivity contribution is 5.26. The van der Waals surface area contributed by atoms with E-state index in [0.717, 1.165) is 36.6 Å². The molecule has 104 valence electrons. The Morgan fingerprint density at radius 3 is 3.11 bits per heavy atom. The van der Waals surface area contributed by atoms with E-state index in [-0.39, 0.29) is 5.54 Å². The van der Waals surface area contributed by atoms with Gasteiger partial charge in [-0.25, -0.2) is 0 Å². The van der Waals surface area contributed by atoms with Crippen molar-refractivity contribution in [3.8, 4) is 0 Å². The molecule has 5 unspecified atom stereocenters. The van der Waals surface area contributed by atoms with Crippen molar-refractivity contribution in [2.75, 3.05) is 0 Å². The van der Waals surface area contributed by atoms with Crippen molar-refractivity contribution in [2.45, 2.75) is 57.5 Å². The number of nitrogens with zero attached hydrogens (tertiary/aromatic N) is 2. The lowest BCUT2D eigenvalue weighted by atomic mass is 9.69. The number of hydrogen-bond acceptors (Lipinski definition) is 2. The SMILES string of the molecule is CCCn1cc(C2(N)CC3CC2C2CCCC32)cn1. The zero-order valence-electron chi connectivity index (χ0n) is 11.9. The summed E-state index contributed by atoms with van der Waals surface area (Å²) in [4.78, 5) is 0. The monoisotopic (exact) mass is 259 g/mol. The fourth-order valence-corrected chi connectivity index (χ4v) is 5.48. The summed E-state index contributed by atoms with van der Waals surface area (Å²) in [5.74, 6) is 3.55. The van der Waals surface area contributed by atoms with Crippen molar-refractivity contribution < 1.29 is 0 Å². The molecule has 2 N–H and O–H groups in total. The summed E-state index contributed by atoms with van der Waals surface area (Å²) < 4.78 is 2.07. The average molecular weight is 259 g/mol. The minimum Gasteiger partial charge on any atom is -0.321 e. The first kappa shape index (κ1) is 12.0. The summed E-state index contributed by atoms with van der Waals surface area (Å²) in [6.45, 7) is 3.20. The lowest BCUT2D eigenvalue weighted by molar-refractivity contribution is 0.156. The zero-order chi connectivity index (χ0) is 13.0. The van der Waals surface area contributed by atoms with E-state index < -0.39 is 0 Å². The van der Waals surface area contributed by atoms with Crippen LogP contribution in [0.5, 0.6) is 0 Å². The Balaban J connectivity index is 1.63. The average Bonchev–Trinajstić information content (AvgIpc) is 3.08. The summed E-state index contributed by atoms with van der Waals surface area (Å²) in [5.41, 5.74) is 8.11. The van der Waals surface area contributed by atoms with Crippen LogP contribution in [-0.2, 0) is 12.1 Å². The van der Waals surface area contributed by atoms with Crippen molar-refractivity contribution in [2.24, 2.45) is 29.4 Å². The predicted molar refractivity (Wildman–Crippen MR) is 75.4 cm³/mol. The molecule has 0 aliphatic heterocycles. The van der Waals surface area contributed by atoms with Gasteiger partial charge in [-0.3, -0.25) is 4.68 Å². The van der Waals surface area contributed by atoms with Crippen LogP contribution in [0.2, 0.25) is 0 Å². The van der Waals surface area contributed by atoms with Gasteiger partial charge in [0.25, 0.3) is 0 Å². The van der Waals surface area contributed by atoms with Gasteiger partial charge in [-0.05, 0) is 55.8 Å². The fourth-order valence-electron chi connectivity index (χ4n) is 5.48. The number of aromatic nitrogens is 2. The number of rotatable bonds is 3. The van der Waals surface area contributed by atoms with Crippen molar-refractivity contribution in [1.29, 1.82) is 0 Å². The molecule has 0 radical (unpaired) electrons. The number of fused-ring (bicyclic) bond motifs is 5. The standard InChI is InChI=1S/C16H25N3/c1-2-6-19-10-12(9-18-19)16(17)8-11-7-15(16)14-5-3-4-13(11)14/h9-11,13-15H,2-8,17H2,1H3. The van der Waals surface area contributed by atoms with Gasteiger partial charge in [0, 0.05) is 23.8 Å². The first-order chi connectivity index (χ1) is 9.22. The summed E-state index contributed by atoms with van der Waals surface area (Å²) in [6, 6.07) is 0. The third-order valence-electron chi connectivity index (χ3n) is 6.19. The normalized spacial score (nSPS) is 43.9. The molecule has 1 aromatic rings. The van der Waals surface area contributed by atoms with E-state index in [1.54, 1.807) is 0 Å². The number of hydrogen-bond donors (Lipinski definition) is 1. The highest BCUT2D eigenvalue weighted by Crippen LogP contribution is 2.64. The predicted octanol–water partition coefficient (Wildman–Crippen LogP) is 2.90. The van der Waals surface area contributed by atoms with Crippen LogP contribution < -0.4 is 5.73 Å². The quantitative estimate of drug-likeness (QED) is 0.907. The van der Waals surface area contributed by atoms with Crippen LogP contribution in [0.4, 0.5) is 0 Å². The molecule has 1 heterocycles. The molecular formula is C16H25N3. The highest BCUT2D eigenvalue weighted by Gasteiger charge is 2.60. The summed E-state index contributed by atoms with van der Waals surface area (Å²) in [5, 5.41) is 4.50. The fraction of sp³-hybridized carbons (Fsp3) is 0.812. The van der Waals surface area contributed by atoms with Crippen LogP contribution in [0.1, 0.15) is 51.0 Å². The Labute approximate surface area is 115 Å². The van der Waals surface area contributed by atoms with E-state index in [9.17, 15) is 0 Å². The Morgan fingerprint density at radius 2 is 2.26 bits per heavy atom. The van der Waals surface area contributed by atoms with E-state index in [0.29, 0.717) is 0 Å². The third-order valence-corrected chi connectivity index (χ3v) is 6.19. The molecule has 4 rings (SSSR count). The van der Waals surface area contributed by atoms with Crippen LogP contribution in [0.25, 0.3) is 0 Å². The molecular weight excluding hydrogens is 234 g/mol. The van der Waals surface area contributed by atoms with Gasteiger partial charge in [-0.2, -0.15) is 5.10 Å². The van der Waals surface area contributed by atoms with Crippen LogP contribution in [-0.4, -0.2) is 9.78 Å². The minimum absolute atomic E-state index is 0.0673. The Morgan fingerprint density at radius 1 is 1.42 bits per heavy atom. The van der Waals surface area contributed by atoms with Crippen molar-refractivity contribution in [1.82, 2.24) is 9.78 Å². The van der Waals surface area contributed by atoms with Crippen LogP contribution in [0, 0.1) is 23.7 Å². The first-order valence-electron chi connectivity index (χ1n) is 8.04. The van der Waals surface area contributed by atoms with Crippen LogP contribution in [0.15, 0.2) is 12.4 Å². The van der Waals surface area contributed by atoms with E-state index in [1.807, 2.05) is 6.20 Å². The maximum atomic E-state index is 6.88. The molecule has 3 fully saturated rings. The molecule has 3 aliphatic carbocycles. The van der Waals surface area contributed by atoms with Crippen molar-refractivity contribution in [3.63, 3.8) is 0 Å². The van der Waals surface area contributed by atoms with Crippen molar-refractivity contribution >= 4 is 0 Å². The lowest BCUT2D eigenvalue weighted by Crippen LogP contribution is -2.46. The maximum absolute atomic E-state index is 6.88. The second-order valence-corrected chi connectivity index (χ2v) is 7.10. The first-order valence-corrected chi connectivity index (χ1v) is 8.04. The van der Waals surface area contributed by atoms with E-state index in [2.05, 4.69) is 22.9 Å². The highest BCUT2D eigenvalue weighted by atomic mass is 15.3. The van der Waals surface area contributed by atoms with Crippen molar-refractivity contribution in [3.05, 3.63) is 18.0 Å². The van der Waals surface area contributed by atoms with E-state index >= 15 is 0 Å². The van der Waals surface area contributed by atoms with E-state index in [4.69, 9.17) is 5.73 Å². The zero-order valence-corrected chi connectivity index (χ0v) is 11.9. The molecule has 3 nitrogen and oxygen atoms in total. The Kier molecular flexibility index (Phi) is 2.57. The van der Waals surface area contributed by atoms with Gasteiger partial charge in [0.15, 0.2) is 0 Å². The van der Waals surface area contributed by atoms with Gasteiger partial charge >= 0.3 is 0 Å². The molecule has 3 heteroatoms. The van der Waals surface area contributed by atoms with Crippen LogP contribution >= 0.6 is 0 Å². The second-order valence-electron chi connectivity index (χ2n) is 7.10. The number of nitrogens with two attached hydrogens (primary N) is 1. The molecule has 3 aliphatic rings. The summed E-state index contributed by atoms with van der Waals surface area (Å²) in [7, 11) is 0. The molecule has 0 amide bonds. The largest absolute Gasteiger partial charge is 0.321 e. The molecule has 0 saturated heterocycles. The third kappa shape index (κ3) is 1.57. The molecule has 3 saturated carbocycles. The Hall–Kier alpha value is -0.830. The van der Waals surface area contributed by atoms with Crippen LogP contribution in [0.3, 0.4) is 0 Å². The molecule has 1 aromatic heterocycles. The molecule has 0 aromatic carbocycles. The van der Waals surface area contributed by atoms with Gasteiger partial charge in [0.2, 0.25) is 0 Å². The van der Waals surface area contributed by atoms with Gasteiger partial charge < -0.3 is 5.73 Å². The van der Waals surface area contributed by atoms with E-state index in [1.165, 1.54) is 37.7 Å². The molecule has 5 atom stereocenters. The topological polar surface area (TPSA) is 43.8 Å². The van der Waals surface area contributed by atoms with Gasteiger partial charge in [-0.15, -0.1) is 0 Å². The Bertz CT molecular complexity index is 480. The minimum atomic E-state index is -0.0673. The smallest absolute Gasteiger partial charge is 0.0540 e. The molecule has 19 heavy (non-hydrogen) atoms. The molecule has 2 bridgehead atoms. The van der Waals surface area contributed by atoms with Gasteiger partial charge in [0.05, 0.1) is 6.20 Å².